The number of hydrogen-bond donors (Lipinski definition) is 2. The van der Waals surface area contributed by atoms with E-state index in [0.717, 1.165) is 37.8 Å². The quantitative estimate of drug-likeness (QED) is 0.810. The molecule has 0 unspecified atom stereocenters. The SMILES string of the molecule is COc1cc(NC(=O)C2(CC(C)C)CCCC2)ccc1N. The monoisotopic (exact) mass is 290 g/mol. The summed E-state index contributed by atoms with van der Waals surface area (Å²) in [6.45, 7) is 4.36. The standard InChI is InChI=1S/C17H26N2O2/c1-12(2)11-17(8-4-5-9-17)16(20)19-13-6-7-14(18)15(10-13)21-3/h6-7,10,12H,4-5,8-9,11,18H2,1-3H3,(H,19,20). The Kier molecular flexibility index (Phi) is 4.76. The van der Waals surface area contributed by atoms with E-state index < -0.39 is 0 Å². The number of carbonyl (C=O) groups is 1. The number of nitrogens with one attached hydrogen (secondary N) is 1. The van der Waals surface area contributed by atoms with Crippen molar-refractivity contribution in [1.29, 1.82) is 0 Å². The van der Waals surface area contributed by atoms with Crippen molar-refractivity contribution in [2.24, 2.45) is 11.3 Å². The van der Waals surface area contributed by atoms with Gasteiger partial charge in [0.15, 0.2) is 0 Å². The van der Waals surface area contributed by atoms with Crippen molar-refractivity contribution in [3.8, 4) is 5.75 Å². The molecule has 21 heavy (non-hydrogen) atoms. The lowest BCUT2D eigenvalue weighted by atomic mass is 9.77. The molecule has 0 atom stereocenters. The summed E-state index contributed by atoms with van der Waals surface area (Å²) in [4.78, 5) is 12.8. The third-order valence-electron chi connectivity index (χ3n) is 4.33. The summed E-state index contributed by atoms with van der Waals surface area (Å²) in [5.74, 6) is 1.26. The van der Waals surface area contributed by atoms with Gasteiger partial charge >= 0.3 is 0 Å². The molecule has 0 aromatic heterocycles. The van der Waals surface area contributed by atoms with Crippen molar-refractivity contribution < 1.29 is 9.53 Å². The van der Waals surface area contributed by atoms with Crippen LogP contribution in [0.2, 0.25) is 0 Å². The molecule has 4 nitrogen and oxygen atoms in total. The first-order chi connectivity index (χ1) is 9.97. The van der Waals surface area contributed by atoms with Crippen molar-refractivity contribution in [2.45, 2.75) is 46.0 Å². The van der Waals surface area contributed by atoms with Crippen molar-refractivity contribution in [3.63, 3.8) is 0 Å². The topological polar surface area (TPSA) is 64.3 Å². The van der Waals surface area contributed by atoms with E-state index in [1.165, 1.54) is 0 Å². The number of anilines is 2. The summed E-state index contributed by atoms with van der Waals surface area (Å²) in [6.07, 6.45) is 5.22. The molecule has 1 aromatic carbocycles. The van der Waals surface area contributed by atoms with E-state index in [9.17, 15) is 4.79 Å². The van der Waals surface area contributed by atoms with E-state index in [-0.39, 0.29) is 11.3 Å². The van der Waals surface area contributed by atoms with Crippen LogP contribution >= 0.6 is 0 Å². The van der Waals surface area contributed by atoms with Crippen LogP contribution in [-0.4, -0.2) is 13.0 Å². The van der Waals surface area contributed by atoms with Crippen LogP contribution in [-0.2, 0) is 4.79 Å². The zero-order valence-corrected chi connectivity index (χ0v) is 13.2. The average Bonchev–Trinajstić information content (AvgIpc) is 2.89. The van der Waals surface area contributed by atoms with Crippen LogP contribution < -0.4 is 15.8 Å². The molecule has 1 saturated carbocycles. The zero-order valence-electron chi connectivity index (χ0n) is 13.2. The molecule has 0 radical (unpaired) electrons. The summed E-state index contributed by atoms with van der Waals surface area (Å²) in [7, 11) is 1.58. The van der Waals surface area contributed by atoms with Gasteiger partial charge in [0, 0.05) is 17.2 Å². The van der Waals surface area contributed by atoms with Gasteiger partial charge in [0.1, 0.15) is 5.75 Å². The Balaban J connectivity index is 2.15. The van der Waals surface area contributed by atoms with Gasteiger partial charge in [-0.3, -0.25) is 4.79 Å². The molecule has 1 aromatic rings. The first-order valence-corrected chi connectivity index (χ1v) is 7.72. The van der Waals surface area contributed by atoms with Gasteiger partial charge in [0.05, 0.1) is 12.8 Å². The fraction of sp³-hybridized carbons (Fsp3) is 0.588. The average molecular weight is 290 g/mol. The molecule has 1 aliphatic rings. The van der Waals surface area contributed by atoms with Crippen LogP contribution in [0.15, 0.2) is 18.2 Å². The highest BCUT2D eigenvalue weighted by molar-refractivity contribution is 5.96. The van der Waals surface area contributed by atoms with E-state index in [1.807, 2.05) is 6.07 Å². The number of ether oxygens (including phenoxy) is 1. The van der Waals surface area contributed by atoms with E-state index >= 15 is 0 Å². The second-order valence-corrected chi connectivity index (χ2v) is 6.50. The van der Waals surface area contributed by atoms with E-state index in [1.54, 1.807) is 19.2 Å². The molecule has 0 aliphatic heterocycles. The molecule has 3 N–H and O–H groups in total. The fourth-order valence-electron chi connectivity index (χ4n) is 3.41. The Morgan fingerprint density at radius 2 is 2.05 bits per heavy atom. The highest BCUT2D eigenvalue weighted by atomic mass is 16.5. The minimum absolute atomic E-state index is 0.139. The maximum atomic E-state index is 12.8. The molecule has 1 aliphatic carbocycles. The molecular formula is C17H26N2O2. The normalized spacial score (nSPS) is 17.0. The Morgan fingerprint density at radius 3 is 2.62 bits per heavy atom. The Labute approximate surface area is 127 Å². The number of methoxy groups -OCH3 is 1. The maximum Gasteiger partial charge on any atom is 0.230 e. The van der Waals surface area contributed by atoms with Gasteiger partial charge in [-0.25, -0.2) is 0 Å². The lowest BCUT2D eigenvalue weighted by Gasteiger charge is -2.29. The summed E-state index contributed by atoms with van der Waals surface area (Å²) < 4.78 is 5.21. The molecule has 1 amide bonds. The lowest BCUT2D eigenvalue weighted by Crippen LogP contribution is -2.35. The van der Waals surface area contributed by atoms with E-state index in [2.05, 4.69) is 19.2 Å². The highest BCUT2D eigenvalue weighted by Crippen LogP contribution is 2.44. The number of nitrogens with two attached hydrogens (primary N) is 1. The molecule has 0 saturated heterocycles. The first-order valence-electron chi connectivity index (χ1n) is 7.72. The Hall–Kier alpha value is -1.71. The third kappa shape index (κ3) is 3.49. The van der Waals surface area contributed by atoms with Crippen LogP contribution in [0.25, 0.3) is 0 Å². The molecule has 2 rings (SSSR count). The van der Waals surface area contributed by atoms with E-state index in [4.69, 9.17) is 10.5 Å². The largest absolute Gasteiger partial charge is 0.495 e. The van der Waals surface area contributed by atoms with Gasteiger partial charge in [-0.15, -0.1) is 0 Å². The Morgan fingerprint density at radius 1 is 1.38 bits per heavy atom. The summed E-state index contributed by atoms with van der Waals surface area (Å²) in [5.41, 5.74) is 6.93. The van der Waals surface area contributed by atoms with Crippen LogP contribution in [0.3, 0.4) is 0 Å². The van der Waals surface area contributed by atoms with Crippen LogP contribution in [0.1, 0.15) is 46.0 Å². The number of hydrogen-bond acceptors (Lipinski definition) is 3. The van der Waals surface area contributed by atoms with E-state index in [0.29, 0.717) is 17.4 Å². The molecule has 0 spiro atoms. The maximum absolute atomic E-state index is 12.8. The fourth-order valence-corrected chi connectivity index (χ4v) is 3.41. The molecule has 1 fully saturated rings. The zero-order chi connectivity index (χ0) is 15.5. The highest BCUT2D eigenvalue weighted by Gasteiger charge is 2.41. The molecular weight excluding hydrogens is 264 g/mol. The van der Waals surface area contributed by atoms with Crippen molar-refractivity contribution in [1.82, 2.24) is 0 Å². The predicted octanol–water partition coefficient (Wildman–Crippen LogP) is 3.82. The van der Waals surface area contributed by atoms with Gasteiger partial charge in [-0.05, 0) is 37.3 Å². The van der Waals surface area contributed by atoms with Crippen molar-refractivity contribution in [3.05, 3.63) is 18.2 Å². The Bertz CT molecular complexity index is 506. The van der Waals surface area contributed by atoms with Crippen LogP contribution in [0.4, 0.5) is 11.4 Å². The second-order valence-electron chi connectivity index (χ2n) is 6.50. The first kappa shape index (κ1) is 15.7. The van der Waals surface area contributed by atoms with Gasteiger partial charge in [-0.1, -0.05) is 26.7 Å². The summed E-state index contributed by atoms with van der Waals surface area (Å²) >= 11 is 0. The minimum atomic E-state index is -0.206. The van der Waals surface area contributed by atoms with Gasteiger partial charge < -0.3 is 15.8 Å². The number of benzene rings is 1. The number of carbonyl (C=O) groups excluding carboxylic acids is 1. The molecule has 4 heteroatoms. The predicted molar refractivity (Wildman–Crippen MR) is 86.4 cm³/mol. The molecule has 0 bridgehead atoms. The van der Waals surface area contributed by atoms with Gasteiger partial charge in [-0.2, -0.15) is 0 Å². The van der Waals surface area contributed by atoms with Gasteiger partial charge in [0.2, 0.25) is 5.91 Å². The van der Waals surface area contributed by atoms with Crippen molar-refractivity contribution >= 4 is 17.3 Å². The molecule has 0 heterocycles. The minimum Gasteiger partial charge on any atom is -0.495 e. The van der Waals surface area contributed by atoms with Crippen molar-refractivity contribution in [2.75, 3.05) is 18.2 Å². The second kappa shape index (κ2) is 6.37. The lowest BCUT2D eigenvalue weighted by molar-refractivity contribution is -0.126. The van der Waals surface area contributed by atoms with Gasteiger partial charge in [0.25, 0.3) is 0 Å². The number of rotatable bonds is 5. The number of amides is 1. The number of nitrogen functional groups attached to an aromatic ring is 1. The smallest absolute Gasteiger partial charge is 0.230 e. The third-order valence-corrected chi connectivity index (χ3v) is 4.33. The summed E-state index contributed by atoms with van der Waals surface area (Å²) in [5, 5.41) is 3.06. The van der Waals surface area contributed by atoms with Crippen LogP contribution in [0.5, 0.6) is 5.75 Å². The summed E-state index contributed by atoms with van der Waals surface area (Å²) in [6, 6.07) is 5.37. The van der Waals surface area contributed by atoms with Crippen LogP contribution in [0, 0.1) is 11.3 Å². The molecule has 116 valence electrons.